The van der Waals surface area contributed by atoms with Crippen LogP contribution in [0.3, 0.4) is 0 Å². The third-order valence-electron chi connectivity index (χ3n) is 1.54. The molecule has 0 spiro atoms. The summed E-state index contributed by atoms with van der Waals surface area (Å²) < 4.78 is 0. The molecule has 0 aromatic heterocycles. The fourth-order valence-electron chi connectivity index (χ4n) is 1.11. The highest BCUT2D eigenvalue weighted by Crippen LogP contribution is 2.06. The molecular formula is C11H21N. The van der Waals surface area contributed by atoms with Gasteiger partial charge < -0.3 is 0 Å². The summed E-state index contributed by atoms with van der Waals surface area (Å²) in [5.41, 5.74) is 1.28. The minimum Gasteiger partial charge on any atom is -0.289 e. The van der Waals surface area contributed by atoms with E-state index in [9.17, 15) is 0 Å². The summed E-state index contributed by atoms with van der Waals surface area (Å²) in [5.74, 6) is 0.737. The third-order valence-corrected chi connectivity index (χ3v) is 1.54. The predicted octanol–water partition coefficient (Wildman–Crippen LogP) is 3.46. The van der Waals surface area contributed by atoms with Gasteiger partial charge in [0.1, 0.15) is 0 Å². The van der Waals surface area contributed by atoms with E-state index in [4.69, 9.17) is 0 Å². The van der Waals surface area contributed by atoms with E-state index in [-0.39, 0.29) is 0 Å². The number of nitrogens with zero attached hydrogens (tertiary/aromatic N) is 1. The second-order valence-electron chi connectivity index (χ2n) is 3.16. The second-order valence-corrected chi connectivity index (χ2v) is 3.16. The number of rotatable bonds is 2. The smallest absolute Gasteiger partial charge is 0.0427 e. The van der Waals surface area contributed by atoms with Crippen LogP contribution in [0.2, 0.25) is 0 Å². The fourth-order valence-corrected chi connectivity index (χ4v) is 1.11. The third kappa shape index (κ3) is 5.11. The molecule has 0 radical (unpaired) electrons. The van der Waals surface area contributed by atoms with Crippen LogP contribution in [-0.4, -0.2) is 12.3 Å². The Balaban J connectivity index is 0.000000561. The molecule has 70 valence electrons. The van der Waals surface area contributed by atoms with Gasteiger partial charge in [-0.3, -0.25) is 4.99 Å². The summed E-state index contributed by atoms with van der Waals surface area (Å²) in [7, 11) is 0. The van der Waals surface area contributed by atoms with E-state index in [1.807, 2.05) is 13.8 Å². The Morgan fingerprint density at radius 1 is 1.42 bits per heavy atom. The van der Waals surface area contributed by atoms with E-state index in [1.54, 1.807) is 0 Å². The van der Waals surface area contributed by atoms with Crippen molar-refractivity contribution in [2.45, 2.75) is 40.5 Å². The van der Waals surface area contributed by atoms with Crippen molar-refractivity contribution in [3.63, 3.8) is 0 Å². The van der Waals surface area contributed by atoms with Gasteiger partial charge in [-0.05, 0) is 24.8 Å². The number of dihydropyridines is 1. The molecule has 0 amide bonds. The fraction of sp³-hybridized carbons (Fsp3) is 0.727. The van der Waals surface area contributed by atoms with Gasteiger partial charge in [0.2, 0.25) is 0 Å². The SMILES string of the molecule is CC.CC(C)CC1=NCCC=C1. The molecular weight excluding hydrogens is 146 g/mol. The second kappa shape index (κ2) is 7.08. The quantitative estimate of drug-likeness (QED) is 0.597. The van der Waals surface area contributed by atoms with Gasteiger partial charge in [0.25, 0.3) is 0 Å². The van der Waals surface area contributed by atoms with Crippen molar-refractivity contribution in [1.29, 1.82) is 0 Å². The summed E-state index contributed by atoms with van der Waals surface area (Å²) in [6.07, 6.45) is 6.63. The van der Waals surface area contributed by atoms with Gasteiger partial charge in [-0.2, -0.15) is 0 Å². The van der Waals surface area contributed by atoms with Crippen molar-refractivity contribution in [2.75, 3.05) is 6.54 Å². The van der Waals surface area contributed by atoms with Gasteiger partial charge >= 0.3 is 0 Å². The van der Waals surface area contributed by atoms with Gasteiger partial charge in [0.05, 0.1) is 0 Å². The van der Waals surface area contributed by atoms with E-state index in [0.29, 0.717) is 0 Å². The lowest BCUT2D eigenvalue weighted by molar-refractivity contribution is 0.682. The minimum atomic E-state index is 0.737. The van der Waals surface area contributed by atoms with Crippen LogP contribution < -0.4 is 0 Å². The molecule has 0 bridgehead atoms. The standard InChI is InChI=1S/C9H15N.C2H6/c1-8(2)7-9-5-3-4-6-10-9;1-2/h3,5,8H,4,6-7H2,1-2H3;1-2H3. The zero-order valence-electron chi connectivity index (χ0n) is 8.80. The van der Waals surface area contributed by atoms with Crippen LogP contribution in [0.4, 0.5) is 0 Å². The van der Waals surface area contributed by atoms with Crippen molar-refractivity contribution >= 4 is 5.71 Å². The highest BCUT2D eigenvalue weighted by atomic mass is 14.7. The molecule has 0 saturated heterocycles. The Labute approximate surface area is 76.6 Å². The molecule has 0 aromatic rings. The first-order valence-corrected chi connectivity index (χ1v) is 4.99. The first-order valence-electron chi connectivity index (χ1n) is 4.99. The minimum absolute atomic E-state index is 0.737. The highest BCUT2D eigenvalue weighted by molar-refractivity contribution is 5.95. The molecule has 1 aliphatic rings. The molecule has 0 saturated carbocycles. The molecule has 1 aliphatic heterocycles. The topological polar surface area (TPSA) is 12.4 Å². The Kier molecular flexibility index (Phi) is 6.73. The summed E-state index contributed by atoms with van der Waals surface area (Å²) in [4.78, 5) is 4.40. The van der Waals surface area contributed by atoms with Crippen LogP contribution in [0.15, 0.2) is 17.1 Å². The van der Waals surface area contributed by atoms with Crippen molar-refractivity contribution in [3.05, 3.63) is 12.2 Å². The van der Waals surface area contributed by atoms with Crippen molar-refractivity contribution in [3.8, 4) is 0 Å². The average molecular weight is 167 g/mol. The molecule has 0 aliphatic carbocycles. The number of allylic oxidation sites excluding steroid dienone is 1. The van der Waals surface area contributed by atoms with Gasteiger partial charge in [0, 0.05) is 12.3 Å². The maximum Gasteiger partial charge on any atom is 0.0427 e. The van der Waals surface area contributed by atoms with E-state index >= 15 is 0 Å². The summed E-state index contributed by atoms with van der Waals surface area (Å²) in [6.45, 7) is 9.45. The van der Waals surface area contributed by atoms with Crippen LogP contribution >= 0.6 is 0 Å². The Bertz CT molecular complexity index is 154. The van der Waals surface area contributed by atoms with Crippen molar-refractivity contribution < 1.29 is 0 Å². The monoisotopic (exact) mass is 167 g/mol. The van der Waals surface area contributed by atoms with Gasteiger partial charge in [-0.25, -0.2) is 0 Å². The van der Waals surface area contributed by atoms with E-state index in [0.717, 1.165) is 25.3 Å². The highest BCUT2D eigenvalue weighted by Gasteiger charge is 2.00. The largest absolute Gasteiger partial charge is 0.289 e. The first kappa shape index (κ1) is 11.4. The molecule has 1 rings (SSSR count). The van der Waals surface area contributed by atoms with Crippen LogP contribution in [0, 0.1) is 5.92 Å². The van der Waals surface area contributed by atoms with Gasteiger partial charge in [-0.1, -0.05) is 33.8 Å². The molecule has 1 heterocycles. The summed E-state index contributed by atoms with van der Waals surface area (Å²) in [6, 6.07) is 0. The lowest BCUT2D eigenvalue weighted by Crippen LogP contribution is -2.03. The van der Waals surface area contributed by atoms with Gasteiger partial charge in [-0.15, -0.1) is 0 Å². The van der Waals surface area contributed by atoms with Crippen LogP contribution in [0.25, 0.3) is 0 Å². The molecule has 0 N–H and O–H groups in total. The van der Waals surface area contributed by atoms with Crippen molar-refractivity contribution in [2.24, 2.45) is 10.9 Å². The molecule has 0 unspecified atom stereocenters. The zero-order valence-corrected chi connectivity index (χ0v) is 8.80. The number of aliphatic imine (C=N–C) groups is 1. The maximum absolute atomic E-state index is 4.40. The maximum atomic E-state index is 4.40. The Morgan fingerprint density at radius 2 is 2.08 bits per heavy atom. The molecule has 0 fully saturated rings. The number of hydrogen-bond acceptors (Lipinski definition) is 1. The predicted molar refractivity (Wildman–Crippen MR) is 56.9 cm³/mol. The lowest BCUT2D eigenvalue weighted by atomic mass is 10.0. The Hall–Kier alpha value is -0.590. The zero-order chi connectivity index (χ0) is 9.40. The van der Waals surface area contributed by atoms with Crippen LogP contribution in [-0.2, 0) is 0 Å². The van der Waals surface area contributed by atoms with Crippen molar-refractivity contribution in [1.82, 2.24) is 0 Å². The van der Waals surface area contributed by atoms with E-state index in [1.165, 1.54) is 5.71 Å². The molecule has 0 aromatic carbocycles. The summed E-state index contributed by atoms with van der Waals surface area (Å²) in [5, 5.41) is 0. The molecule has 12 heavy (non-hydrogen) atoms. The molecule has 1 nitrogen and oxygen atoms in total. The normalized spacial score (nSPS) is 15.2. The van der Waals surface area contributed by atoms with Gasteiger partial charge in [0.15, 0.2) is 0 Å². The molecule has 1 heteroatoms. The van der Waals surface area contributed by atoms with Crippen LogP contribution in [0.5, 0.6) is 0 Å². The number of hydrogen-bond donors (Lipinski definition) is 0. The van der Waals surface area contributed by atoms with Crippen LogP contribution in [0.1, 0.15) is 40.5 Å². The average Bonchev–Trinajstić information content (AvgIpc) is 2.08. The lowest BCUT2D eigenvalue weighted by Gasteiger charge is -2.07. The molecule has 0 atom stereocenters. The summed E-state index contributed by atoms with van der Waals surface area (Å²) >= 11 is 0. The van der Waals surface area contributed by atoms with E-state index < -0.39 is 0 Å². The first-order chi connectivity index (χ1) is 5.79. The van der Waals surface area contributed by atoms with E-state index in [2.05, 4.69) is 31.0 Å². The Morgan fingerprint density at radius 3 is 2.50 bits per heavy atom.